The average Bonchev–Trinajstić information content (AvgIpc) is 3.33. The molecule has 1 amide bonds. The summed E-state index contributed by atoms with van der Waals surface area (Å²) in [6.45, 7) is 8.65. The van der Waals surface area contributed by atoms with Crippen molar-refractivity contribution in [2.24, 2.45) is 0 Å². The van der Waals surface area contributed by atoms with Gasteiger partial charge in [-0.05, 0) is 39.9 Å². The van der Waals surface area contributed by atoms with Gasteiger partial charge in [0.25, 0.3) is 5.91 Å². The van der Waals surface area contributed by atoms with E-state index in [4.69, 9.17) is 4.98 Å². The minimum Gasteiger partial charge on any atom is -0.334 e. The second-order valence-electron chi connectivity index (χ2n) is 8.90. The minimum atomic E-state index is 0.0899. The van der Waals surface area contributed by atoms with Gasteiger partial charge < -0.3 is 14.4 Å². The zero-order chi connectivity index (χ0) is 20.5. The van der Waals surface area contributed by atoms with Crippen molar-refractivity contribution in [3.63, 3.8) is 0 Å². The lowest BCUT2D eigenvalue weighted by Gasteiger charge is -2.27. The molecule has 2 aliphatic heterocycles. The van der Waals surface area contributed by atoms with E-state index in [1.54, 1.807) is 0 Å². The van der Waals surface area contributed by atoms with E-state index in [2.05, 4.69) is 72.6 Å². The number of carbonyl (C=O) groups is 1. The zero-order valence-corrected chi connectivity index (χ0v) is 18.1. The Morgan fingerprint density at radius 3 is 2.62 bits per heavy atom. The molecule has 6 nitrogen and oxygen atoms in total. The molecule has 6 heteroatoms. The van der Waals surface area contributed by atoms with Crippen molar-refractivity contribution in [1.29, 1.82) is 0 Å². The van der Waals surface area contributed by atoms with E-state index in [9.17, 15) is 4.79 Å². The molecule has 0 unspecified atom stereocenters. The number of nitrogens with zero attached hydrogens (tertiary/aromatic N) is 5. The average molecular weight is 396 g/mol. The summed E-state index contributed by atoms with van der Waals surface area (Å²) in [7, 11) is 4.18. The number of rotatable bonds is 5. The highest BCUT2D eigenvalue weighted by molar-refractivity contribution is 5.91. The van der Waals surface area contributed by atoms with Crippen LogP contribution >= 0.6 is 0 Å². The maximum absolute atomic E-state index is 13.3. The van der Waals surface area contributed by atoms with Crippen LogP contribution in [0.3, 0.4) is 0 Å². The number of benzene rings is 1. The van der Waals surface area contributed by atoms with E-state index in [-0.39, 0.29) is 11.9 Å². The number of aromatic nitrogens is 2. The second kappa shape index (κ2) is 8.28. The molecule has 4 rings (SSSR count). The normalized spacial score (nSPS) is 19.9. The maximum Gasteiger partial charge on any atom is 0.289 e. The predicted molar refractivity (Wildman–Crippen MR) is 115 cm³/mol. The van der Waals surface area contributed by atoms with Crippen LogP contribution in [0.2, 0.25) is 0 Å². The Balaban J connectivity index is 1.55. The Labute approximate surface area is 174 Å². The third-order valence-corrected chi connectivity index (χ3v) is 6.27. The van der Waals surface area contributed by atoms with Crippen LogP contribution in [-0.4, -0.2) is 69.9 Å². The summed E-state index contributed by atoms with van der Waals surface area (Å²) in [6, 6.07) is 11.3. The Morgan fingerprint density at radius 2 is 1.97 bits per heavy atom. The molecule has 1 saturated heterocycles. The Morgan fingerprint density at radius 1 is 1.21 bits per heavy atom. The lowest BCUT2D eigenvalue weighted by Crippen LogP contribution is -2.36. The lowest BCUT2D eigenvalue weighted by atomic mass is 10.1. The van der Waals surface area contributed by atoms with Gasteiger partial charge in [0.15, 0.2) is 5.82 Å². The van der Waals surface area contributed by atoms with Gasteiger partial charge in [-0.2, -0.15) is 0 Å². The number of imidazole rings is 1. The summed E-state index contributed by atoms with van der Waals surface area (Å²) in [5, 5.41) is 0. The van der Waals surface area contributed by atoms with E-state index in [0.717, 1.165) is 51.3 Å². The van der Waals surface area contributed by atoms with Gasteiger partial charge in [0.05, 0.1) is 5.69 Å². The number of carbonyl (C=O) groups excluding carboxylic acids is 1. The zero-order valence-electron chi connectivity index (χ0n) is 18.1. The molecule has 3 heterocycles. The fourth-order valence-electron chi connectivity index (χ4n) is 4.63. The summed E-state index contributed by atoms with van der Waals surface area (Å²) >= 11 is 0. The topological polar surface area (TPSA) is 44.6 Å². The van der Waals surface area contributed by atoms with Crippen molar-refractivity contribution in [3.05, 3.63) is 53.1 Å². The summed E-state index contributed by atoms with van der Waals surface area (Å²) in [5.41, 5.74) is 3.64. The number of hydrogen-bond donors (Lipinski definition) is 0. The molecule has 1 aromatic heterocycles. The predicted octanol–water partition coefficient (Wildman–Crippen LogP) is 2.80. The van der Waals surface area contributed by atoms with Crippen LogP contribution in [0.1, 0.15) is 53.9 Å². The molecule has 156 valence electrons. The first-order chi connectivity index (χ1) is 13.9. The first-order valence-electron chi connectivity index (χ1n) is 10.8. The van der Waals surface area contributed by atoms with Gasteiger partial charge in [0, 0.05) is 56.9 Å². The van der Waals surface area contributed by atoms with Crippen molar-refractivity contribution < 1.29 is 4.79 Å². The minimum absolute atomic E-state index is 0.0899. The molecule has 1 aromatic carbocycles. The number of hydrogen-bond acceptors (Lipinski definition) is 4. The van der Waals surface area contributed by atoms with Crippen molar-refractivity contribution in [1.82, 2.24) is 24.3 Å². The molecule has 29 heavy (non-hydrogen) atoms. The van der Waals surface area contributed by atoms with E-state index in [1.165, 1.54) is 11.3 Å². The third kappa shape index (κ3) is 4.09. The monoisotopic (exact) mass is 395 g/mol. The van der Waals surface area contributed by atoms with E-state index >= 15 is 0 Å². The molecular formula is C23H33N5O. The van der Waals surface area contributed by atoms with E-state index in [0.29, 0.717) is 11.9 Å². The largest absolute Gasteiger partial charge is 0.334 e. The summed E-state index contributed by atoms with van der Waals surface area (Å²) in [4.78, 5) is 24.9. The van der Waals surface area contributed by atoms with Crippen LogP contribution in [0.15, 0.2) is 30.3 Å². The highest BCUT2D eigenvalue weighted by Crippen LogP contribution is 2.27. The van der Waals surface area contributed by atoms with E-state index < -0.39 is 0 Å². The van der Waals surface area contributed by atoms with Crippen molar-refractivity contribution >= 4 is 5.91 Å². The Kier molecular flexibility index (Phi) is 5.74. The molecule has 2 aromatic rings. The van der Waals surface area contributed by atoms with Gasteiger partial charge in [-0.25, -0.2) is 4.98 Å². The highest BCUT2D eigenvalue weighted by Gasteiger charge is 2.33. The molecule has 0 N–H and O–H groups in total. The summed E-state index contributed by atoms with van der Waals surface area (Å²) in [6.07, 6.45) is 1.98. The molecule has 0 radical (unpaired) electrons. The van der Waals surface area contributed by atoms with Crippen LogP contribution in [0.4, 0.5) is 0 Å². The number of fused-ring (bicyclic) bond motifs is 1. The Bertz CT molecular complexity index is 858. The van der Waals surface area contributed by atoms with Gasteiger partial charge >= 0.3 is 0 Å². The van der Waals surface area contributed by atoms with Gasteiger partial charge in [-0.15, -0.1) is 0 Å². The van der Waals surface area contributed by atoms with Crippen LogP contribution in [-0.2, 0) is 19.5 Å². The van der Waals surface area contributed by atoms with Crippen LogP contribution in [0.25, 0.3) is 0 Å². The fraction of sp³-hybridized carbons (Fsp3) is 0.565. The van der Waals surface area contributed by atoms with Crippen LogP contribution in [0.5, 0.6) is 0 Å². The summed E-state index contributed by atoms with van der Waals surface area (Å²) < 4.78 is 2.19. The van der Waals surface area contributed by atoms with Gasteiger partial charge in [0.2, 0.25) is 0 Å². The molecule has 0 bridgehead atoms. The van der Waals surface area contributed by atoms with Gasteiger partial charge in [0.1, 0.15) is 0 Å². The summed E-state index contributed by atoms with van der Waals surface area (Å²) in [5.74, 6) is 0.720. The van der Waals surface area contributed by atoms with E-state index in [1.807, 2.05) is 4.90 Å². The molecule has 1 atom stereocenters. The molecule has 2 aliphatic rings. The standard InChI is InChI=1S/C23H33N5O/c1-17(2)28-21-11-12-26(14-18-8-6-5-7-9-18)16-20(21)24-22(28)23(29)27-13-10-19(15-27)25(3)4/h5-9,17,19H,10-16H2,1-4H3/t19-/m0/s1. The molecule has 1 fully saturated rings. The van der Waals surface area contributed by atoms with Gasteiger partial charge in [-0.3, -0.25) is 9.69 Å². The smallest absolute Gasteiger partial charge is 0.289 e. The van der Waals surface area contributed by atoms with Crippen LogP contribution in [0, 0.1) is 0 Å². The first kappa shape index (κ1) is 20.1. The first-order valence-corrected chi connectivity index (χ1v) is 10.8. The highest BCUT2D eigenvalue weighted by atomic mass is 16.2. The quantitative estimate of drug-likeness (QED) is 0.781. The number of likely N-dealkylation sites (tertiary alicyclic amines) is 1. The fourth-order valence-corrected chi connectivity index (χ4v) is 4.63. The molecular weight excluding hydrogens is 362 g/mol. The second-order valence-corrected chi connectivity index (χ2v) is 8.90. The lowest BCUT2D eigenvalue weighted by molar-refractivity contribution is 0.0764. The number of likely N-dealkylation sites (N-methyl/N-ethyl adjacent to an activating group) is 1. The van der Waals surface area contributed by atoms with Crippen molar-refractivity contribution in [3.8, 4) is 0 Å². The molecule has 0 spiro atoms. The molecule has 0 saturated carbocycles. The van der Waals surface area contributed by atoms with Crippen molar-refractivity contribution in [2.45, 2.75) is 51.9 Å². The third-order valence-electron chi connectivity index (χ3n) is 6.27. The van der Waals surface area contributed by atoms with Gasteiger partial charge in [-0.1, -0.05) is 30.3 Å². The van der Waals surface area contributed by atoms with Crippen molar-refractivity contribution in [2.75, 3.05) is 33.7 Å². The molecule has 0 aliphatic carbocycles. The van der Waals surface area contributed by atoms with Crippen LogP contribution < -0.4 is 0 Å². The maximum atomic E-state index is 13.3. The SMILES string of the molecule is CC(C)n1c(C(=O)N2CC[C@H](N(C)C)C2)nc2c1CCN(Cc1ccccc1)C2. The Hall–Kier alpha value is -2.18. The number of amides is 1.